The van der Waals surface area contributed by atoms with E-state index < -0.39 is 0 Å². The van der Waals surface area contributed by atoms with E-state index in [9.17, 15) is 0 Å². The minimum atomic E-state index is 0.717. The van der Waals surface area contributed by atoms with Gasteiger partial charge in [0.15, 0.2) is 0 Å². The minimum absolute atomic E-state index is 0.717. The summed E-state index contributed by atoms with van der Waals surface area (Å²) in [4.78, 5) is 0. The summed E-state index contributed by atoms with van der Waals surface area (Å²) in [6.07, 6.45) is 0. The van der Waals surface area contributed by atoms with Gasteiger partial charge in [-0.3, -0.25) is 0 Å². The Balaban J connectivity index is 2.00. The van der Waals surface area contributed by atoms with Crippen molar-refractivity contribution in [2.75, 3.05) is 25.6 Å². The molecule has 0 spiro atoms. The van der Waals surface area contributed by atoms with Gasteiger partial charge in [-0.15, -0.1) is 0 Å². The summed E-state index contributed by atoms with van der Waals surface area (Å²) >= 11 is 0. The fraction of sp³-hybridized carbons (Fsp3) is 0.200. The van der Waals surface area contributed by atoms with E-state index in [4.69, 9.17) is 9.47 Å². The van der Waals surface area contributed by atoms with Crippen LogP contribution < -0.4 is 14.8 Å². The van der Waals surface area contributed by atoms with E-state index in [0.717, 1.165) is 34.9 Å². The number of benzene rings is 2. The van der Waals surface area contributed by atoms with Crippen molar-refractivity contribution in [3.8, 4) is 22.6 Å². The van der Waals surface area contributed by atoms with E-state index in [2.05, 4.69) is 29.6 Å². The summed E-state index contributed by atoms with van der Waals surface area (Å²) in [5, 5.41) is 3.31. The van der Waals surface area contributed by atoms with Gasteiger partial charge in [0, 0.05) is 6.54 Å². The van der Waals surface area contributed by atoms with E-state index in [1.54, 1.807) is 7.11 Å². The maximum atomic E-state index is 5.65. The van der Waals surface area contributed by atoms with Crippen LogP contribution in [0.3, 0.4) is 0 Å². The lowest BCUT2D eigenvalue weighted by molar-refractivity contribution is 0.323. The van der Waals surface area contributed by atoms with Gasteiger partial charge in [-0.05, 0) is 35.4 Å². The van der Waals surface area contributed by atoms with Crippen LogP contribution in [0.2, 0.25) is 0 Å². The van der Waals surface area contributed by atoms with E-state index in [0.29, 0.717) is 6.61 Å². The standard InChI is InChI=1S/C15H15NO2/c1-17-13-4-2-3-11(9-13)12-5-6-14-15(10-12)18-8-7-16-14/h2-6,9-10,16H,7-8H2,1H3. The highest BCUT2D eigenvalue weighted by molar-refractivity contribution is 5.72. The molecule has 92 valence electrons. The number of nitrogens with one attached hydrogen (secondary N) is 1. The fourth-order valence-electron chi connectivity index (χ4n) is 2.12. The van der Waals surface area contributed by atoms with Crippen LogP contribution in [0.25, 0.3) is 11.1 Å². The normalized spacial score (nSPS) is 13.2. The number of fused-ring (bicyclic) bond motifs is 1. The minimum Gasteiger partial charge on any atom is -0.497 e. The quantitative estimate of drug-likeness (QED) is 0.876. The molecule has 0 unspecified atom stereocenters. The molecule has 3 rings (SSSR count). The summed E-state index contributed by atoms with van der Waals surface area (Å²) in [6, 6.07) is 14.3. The van der Waals surface area contributed by atoms with E-state index >= 15 is 0 Å². The molecule has 1 aliphatic rings. The van der Waals surface area contributed by atoms with Crippen molar-refractivity contribution in [2.24, 2.45) is 0 Å². The van der Waals surface area contributed by atoms with Crippen LogP contribution in [0.1, 0.15) is 0 Å². The number of anilines is 1. The van der Waals surface area contributed by atoms with Gasteiger partial charge in [0.1, 0.15) is 18.1 Å². The third-order valence-electron chi connectivity index (χ3n) is 3.06. The molecular weight excluding hydrogens is 226 g/mol. The first kappa shape index (κ1) is 11.0. The van der Waals surface area contributed by atoms with Gasteiger partial charge in [-0.25, -0.2) is 0 Å². The highest BCUT2D eigenvalue weighted by Gasteiger charge is 2.10. The Hall–Kier alpha value is -2.16. The average Bonchev–Trinajstić information content (AvgIpc) is 2.47. The first-order valence-corrected chi connectivity index (χ1v) is 6.02. The van der Waals surface area contributed by atoms with Crippen LogP contribution >= 0.6 is 0 Å². The zero-order chi connectivity index (χ0) is 12.4. The number of hydrogen-bond donors (Lipinski definition) is 1. The van der Waals surface area contributed by atoms with Gasteiger partial charge in [-0.2, -0.15) is 0 Å². The zero-order valence-corrected chi connectivity index (χ0v) is 10.3. The van der Waals surface area contributed by atoms with Crippen LogP contribution in [0.5, 0.6) is 11.5 Å². The molecule has 1 N–H and O–H groups in total. The van der Waals surface area contributed by atoms with E-state index in [1.165, 1.54) is 0 Å². The largest absolute Gasteiger partial charge is 0.497 e. The van der Waals surface area contributed by atoms with E-state index in [-0.39, 0.29) is 0 Å². The van der Waals surface area contributed by atoms with Crippen molar-refractivity contribution >= 4 is 5.69 Å². The van der Waals surface area contributed by atoms with Crippen LogP contribution in [0.15, 0.2) is 42.5 Å². The van der Waals surface area contributed by atoms with Crippen LogP contribution in [-0.2, 0) is 0 Å². The molecule has 0 amide bonds. The van der Waals surface area contributed by atoms with Gasteiger partial charge >= 0.3 is 0 Å². The predicted molar refractivity (Wildman–Crippen MR) is 72.4 cm³/mol. The van der Waals surface area contributed by atoms with Gasteiger partial charge in [0.25, 0.3) is 0 Å². The SMILES string of the molecule is COc1cccc(-c2ccc3c(c2)OCCN3)c1. The molecule has 0 fully saturated rings. The lowest BCUT2D eigenvalue weighted by atomic mass is 10.0. The number of hydrogen-bond acceptors (Lipinski definition) is 3. The molecule has 0 saturated heterocycles. The van der Waals surface area contributed by atoms with Crippen molar-refractivity contribution in [1.29, 1.82) is 0 Å². The fourth-order valence-corrected chi connectivity index (χ4v) is 2.12. The molecule has 1 heterocycles. The first-order chi connectivity index (χ1) is 8.86. The molecule has 3 heteroatoms. The van der Waals surface area contributed by atoms with Crippen molar-refractivity contribution in [2.45, 2.75) is 0 Å². The van der Waals surface area contributed by atoms with Crippen molar-refractivity contribution < 1.29 is 9.47 Å². The Kier molecular flexibility index (Phi) is 2.81. The van der Waals surface area contributed by atoms with Crippen LogP contribution in [0, 0.1) is 0 Å². The third kappa shape index (κ3) is 1.99. The van der Waals surface area contributed by atoms with Crippen molar-refractivity contribution in [3.63, 3.8) is 0 Å². The highest BCUT2D eigenvalue weighted by Crippen LogP contribution is 2.33. The summed E-state index contributed by atoms with van der Waals surface area (Å²) in [5.41, 5.74) is 3.33. The highest BCUT2D eigenvalue weighted by atomic mass is 16.5. The molecule has 0 aliphatic carbocycles. The molecule has 3 nitrogen and oxygen atoms in total. The van der Waals surface area contributed by atoms with Gasteiger partial charge in [0.05, 0.1) is 12.8 Å². The van der Waals surface area contributed by atoms with Crippen molar-refractivity contribution in [3.05, 3.63) is 42.5 Å². The predicted octanol–water partition coefficient (Wildman–Crippen LogP) is 3.17. The summed E-state index contributed by atoms with van der Waals surface area (Å²) in [5.74, 6) is 1.78. The Morgan fingerprint density at radius 3 is 2.89 bits per heavy atom. The molecule has 0 aromatic heterocycles. The van der Waals surface area contributed by atoms with Crippen LogP contribution in [0.4, 0.5) is 5.69 Å². The Labute approximate surface area is 106 Å². The topological polar surface area (TPSA) is 30.5 Å². The third-order valence-corrected chi connectivity index (χ3v) is 3.06. The lowest BCUT2D eigenvalue weighted by Crippen LogP contribution is -2.17. The van der Waals surface area contributed by atoms with Crippen molar-refractivity contribution in [1.82, 2.24) is 0 Å². The molecule has 2 aromatic rings. The average molecular weight is 241 g/mol. The molecular formula is C15H15NO2. The Bertz CT molecular complexity index is 566. The zero-order valence-electron chi connectivity index (χ0n) is 10.3. The molecule has 18 heavy (non-hydrogen) atoms. The second-order valence-electron chi connectivity index (χ2n) is 4.22. The number of ether oxygens (including phenoxy) is 2. The van der Waals surface area contributed by atoms with Gasteiger partial charge in [-0.1, -0.05) is 18.2 Å². The van der Waals surface area contributed by atoms with Gasteiger partial charge < -0.3 is 14.8 Å². The summed E-state index contributed by atoms with van der Waals surface area (Å²) < 4.78 is 10.9. The maximum absolute atomic E-state index is 5.65. The first-order valence-electron chi connectivity index (χ1n) is 6.02. The maximum Gasteiger partial charge on any atom is 0.143 e. The summed E-state index contributed by atoms with van der Waals surface area (Å²) in [6.45, 7) is 1.58. The van der Waals surface area contributed by atoms with Crippen LogP contribution in [-0.4, -0.2) is 20.3 Å². The molecule has 0 radical (unpaired) electrons. The second kappa shape index (κ2) is 4.61. The molecule has 2 aromatic carbocycles. The molecule has 0 atom stereocenters. The number of methoxy groups -OCH3 is 1. The smallest absolute Gasteiger partial charge is 0.143 e. The molecule has 0 bridgehead atoms. The lowest BCUT2D eigenvalue weighted by Gasteiger charge is -2.19. The number of rotatable bonds is 2. The second-order valence-corrected chi connectivity index (χ2v) is 4.22. The van der Waals surface area contributed by atoms with E-state index in [1.807, 2.05) is 18.2 Å². The van der Waals surface area contributed by atoms with Gasteiger partial charge in [0.2, 0.25) is 0 Å². The molecule has 1 aliphatic heterocycles. The summed E-state index contributed by atoms with van der Waals surface area (Å²) in [7, 11) is 1.68. The monoisotopic (exact) mass is 241 g/mol. The Morgan fingerprint density at radius 2 is 2.00 bits per heavy atom. The molecule has 0 saturated carbocycles. The Morgan fingerprint density at radius 1 is 1.11 bits per heavy atom.